The number of carbonyl (C=O) groups excluding carboxylic acids is 1. The summed E-state index contributed by atoms with van der Waals surface area (Å²) >= 11 is 0. The van der Waals surface area contributed by atoms with Gasteiger partial charge in [0.15, 0.2) is 0 Å². The predicted octanol–water partition coefficient (Wildman–Crippen LogP) is 3.06. The normalized spacial score (nSPS) is 20.1. The minimum absolute atomic E-state index is 0.180. The molecule has 0 bridgehead atoms. The summed E-state index contributed by atoms with van der Waals surface area (Å²) in [7, 11) is 0. The van der Waals surface area contributed by atoms with E-state index in [1.54, 1.807) is 0 Å². The van der Waals surface area contributed by atoms with E-state index < -0.39 is 0 Å². The number of piperidine rings is 1. The zero-order valence-corrected chi connectivity index (χ0v) is 10.3. The summed E-state index contributed by atoms with van der Waals surface area (Å²) in [6, 6.07) is 9.79. The molecule has 3 heteroatoms. The molecule has 1 amide bonds. The maximum Gasteiger partial charge on any atom is 0.410 e. The van der Waals surface area contributed by atoms with Crippen LogP contribution in [0, 0.1) is 5.92 Å². The number of likely N-dealkylation sites (tertiary alicyclic amines) is 1. The minimum Gasteiger partial charge on any atom is -0.445 e. The molecule has 1 heterocycles. The smallest absolute Gasteiger partial charge is 0.410 e. The Labute approximate surface area is 102 Å². The van der Waals surface area contributed by atoms with Crippen LogP contribution in [-0.2, 0) is 11.3 Å². The van der Waals surface area contributed by atoms with Crippen LogP contribution >= 0.6 is 0 Å². The first-order chi connectivity index (χ1) is 8.25. The van der Waals surface area contributed by atoms with Crippen molar-refractivity contribution < 1.29 is 9.53 Å². The Morgan fingerprint density at radius 1 is 1.41 bits per heavy atom. The highest BCUT2D eigenvalue weighted by atomic mass is 16.6. The molecule has 1 saturated heterocycles. The van der Waals surface area contributed by atoms with Crippen molar-refractivity contribution in [3.8, 4) is 0 Å². The average molecular weight is 233 g/mol. The zero-order valence-electron chi connectivity index (χ0n) is 10.3. The maximum absolute atomic E-state index is 11.8. The fourth-order valence-electron chi connectivity index (χ4n) is 2.17. The third-order valence-corrected chi connectivity index (χ3v) is 3.12. The van der Waals surface area contributed by atoms with Gasteiger partial charge in [-0.05, 0) is 24.3 Å². The van der Waals surface area contributed by atoms with Crippen LogP contribution in [0.3, 0.4) is 0 Å². The fraction of sp³-hybridized carbons (Fsp3) is 0.500. The summed E-state index contributed by atoms with van der Waals surface area (Å²) < 4.78 is 5.30. The molecule has 0 N–H and O–H groups in total. The average Bonchev–Trinajstić information content (AvgIpc) is 2.37. The van der Waals surface area contributed by atoms with Crippen molar-refractivity contribution in [2.75, 3.05) is 13.1 Å². The van der Waals surface area contributed by atoms with Gasteiger partial charge in [0.2, 0.25) is 0 Å². The van der Waals surface area contributed by atoms with E-state index in [4.69, 9.17) is 4.74 Å². The lowest BCUT2D eigenvalue weighted by Gasteiger charge is -2.30. The number of hydrogen-bond acceptors (Lipinski definition) is 2. The van der Waals surface area contributed by atoms with Crippen LogP contribution in [0.1, 0.15) is 25.3 Å². The number of nitrogens with zero attached hydrogens (tertiary/aromatic N) is 1. The number of carbonyl (C=O) groups is 1. The first kappa shape index (κ1) is 12.0. The van der Waals surface area contributed by atoms with E-state index in [9.17, 15) is 4.79 Å². The first-order valence-electron chi connectivity index (χ1n) is 6.21. The van der Waals surface area contributed by atoms with Gasteiger partial charge in [-0.3, -0.25) is 0 Å². The van der Waals surface area contributed by atoms with Gasteiger partial charge in [-0.2, -0.15) is 0 Å². The van der Waals surface area contributed by atoms with Gasteiger partial charge in [0.25, 0.3) is 0 Å². The Morgan fingerprint density at radius 2 is 2.18 bits per heavy atom. The molecule has 0 aliphatic carbocycles. The Bertz CT molecular complexity index is 364. The number of ether oxygens (including phenoxy) is 1. The Morgan fingerprint density at radius 3 is 2.88 bits per heavy atom. The van der Waals surface area contributed by atoms with Crippen molar-refractivity contribution in [3.63, 3.8) is 0 Å². The quantitative estimate of drug-likeness (QED) is 0.785. The largest absolute Gasteiger partial charge is 0.445 e. The monoisotopic (exact) mass is 233 g/mol. The summed E-state index contributed by atoms with van der Waals surface area (Å²) in [5.74, 6) is 0.591. The lowest BCUT2D eigenvalue weighted by Crippen LogP contribution is -2.39. The second-order valence-electron chi connectivity index (χ2n) is 4.73. The van der Waals surface area contributed by atoms with Gasteiger partial charge in [-0.15, -0.1) is 0 Å². The molecule has 1 aromatic rings. The van der Waals surface area contributed by atoms with E-state index in [-0.39, 0.29) is 6.09 Å². The standard InChI is InChI=1S/C14H19NO2/c1-12-6-5-9-15(10-12)14(16)17-11-13-7-3-2-4-8-13/h2-4,7-8,12H,5-6,9-11H2,1H3. The summed E-state index contributed by atoms with van der Waals surface area (Å²) in [6.45, 7) is 4.20. The van der Waals surface area contributed by atoms with Gasteiger partial charge in [0.1, 0.15) is 6.61 Å². The SMILES string of the molecule is CC1CCCN(C(=O)OCc2ccccc2)C1. The van der Waals surface area contributed by atoms with Crippen molar-refractivity contribution in [1.29, 1.82) is 0 Å². The molecule has 17 heavy (non-hydrogen) atoms. The molecule has 92 valence electrons. The van der Waals surface area contributed by atoms with Crippen LogP contribution in [0.25, 0.3) is 0 Å². The molecule has 1 unspecified atom stereocenters. The highest BCUT2D eigenvalue weighted by molar-refractivity contribution is 5.67. The van der Waals surface area contributed by atoms with Gasteiger partial charge in [0, 0.05) is 13.1 Å². The van der Waals surface area contributed by atoms with Crippen LogP contribution in [0.4, 0.5) is 4.79 Å². The van der Waals surface area contributed by atoms with E-state index in [2.05, 4.69) is 6.92 Å². The minimum atomic E-state index is -0.180. The highest BCUT2D eigenvalue weighted by Gasteiger charge is 2.21. The van der Waals surface area contributed by atoms with Crippen LogP contribution in [0.15, 0.2) is 30.3 Å². The van der Waals surface area contributed by atoms with Gasteiger partial charge >= 0.3 is 6.09 Å². The van der Waals surface area contributed by atoms with Gasteiger partial charge in [-0.25, -0.2) is 4.79 Å². The van der Waals surface area contributed by atoms with Gasteiger partial charge in [0.05, 0.1) is 0 Å². The zero-order chi connectivity index (χ0) is 12.1. The Kier molecular flexibility index (Phi) is 4.02. The molecule has 1 aliphatic heterocycles. The Balaban J connectivity index is 1.81. The predicted molar refractivity (Wildman–Crippen MR) is 66.6 cm³/mol. The number of rotatable bonds is 2. The molecule has 1 aliphatic rings. The number of amides is 1. The number of benzene rings is 1. The van der Waals surface area contributed by atoms with Crippen molar-refractivity contribution in [3.05, 3.63) is 35.9 Å². The number of hydrogen-bond donors (Lipinski definition) is 0. The van der Waals surface area contributed by atoms with Crippen LogP contribution < -0.4 is 0 Å². The summed E-state index contributed by atoms with van der Waals surface area (Å²) in [5, 5.41) is 0. The molecular formula is C14H19NO2. The fourth-order valence-corrected chi connectivity index (χ4v) is 2.17. The molecule has 2 rings (SSSR count). The van der Waals surface area contributed by atoms with E-state index in [1.807, 2.05) is 35.2 Å². The van der Waals surface area contributed by atoms with E-state index in [0.29, 0.717) is 12.5 Å². The van der Waals surface area contributed by atoms with E-state index in [0.717, 1.165) is 25.1 Å². The second kappa shape index (κ2) is 5.71. The van der Waals surface area contributed by atoms with Crippen LogP contribution in [0.2, 0.25) is 0 Å². The van der Waals surface area contributed by atoms with Crippen molar-refractivity contribution in [2.24, 2.45) is 5.92 Å². The maximum atomic E-state index is 11.8. The summed E-state index contributed by atoms with van der Waals surface area (Å²) in [5.41, 5.74) is 1.03. The van der Waals surface area contributed by atoms with Gasteiger partial charge in [-0.1, -0.05) is 37.3 Å². The first-order valence-corrected chi connectivity index (χ1v) is 6.21. The Hall–Kier alpha value is -1.51. The molecule has 0 spiro atoms. The van der Waals surface area contributed by atoms with Crippen LogP contribution in [0.5, 0.6) is 0 Å². The van der Waals surface area contributed by atoms with Crippen molar-refractivity contribution >= 4 is 6.09 Å². The second-order valence-corrected chi connectivity index (χ2v) is 4.73. The van der Waals surface area contributed by atoms with Crippen LogP contribution in [-0.4, -0.2) is 24.1 Å². The van der Waals surface area contributed by atoms with Crippen molar-refractivity contribution in [2.45, 2.75) is 26.4 Å². The van der Waals surface area contributed by atoms with Crippen molar-refractivity contribution in [1.82, 2.24) is 4.90 Å². The molecule has 0 aromatic heterocycles. The molecule has 1 aromatic carbocycles. The molecule has 0 saturated carbocycles. The third-order valence-electron chi connectivity index (χ3n) is 3.12. The third kappa shape index (κ3) is 3.48. The lowest BCUT2D eigenvalue weighted by molar-refractivity contribution is 0.0810. The molecule has 1 atom stereocenters. The lowest BCUT2D eigenvalue weighted by atomic mass is 10.0. The molecule has 1 fully saturated rings. The van der Waals surface area contributed by atoms with E-state index in [1.165, 1.54) is 6.42 Å². The molecule has 0 radical (unpaired) electrons. The van der Waals surface area contributed by atoms with Gasteiger partial charge < -0.3 is 9.64 Å². The summed E-state index contributed by atoms with van der Waals surface area (Å²) in [6.07, 6.45) is 2.12. The summed E-state index contributed by atoms with van der Waals surface area (Å²) in [4.78, 5) is 13.6. The molecular weight excluding hydrogens is 214 g/mol. The van der Waals surface area contributed by atoms with E-state index >= 15 is 0 Å². The molecule has 3 nitrogen and oxygen atoms in total. The highest BCUT2D eigenvalue weighted by Crippen LogP contribution is 2.16. The topological polar surface area (TPSA) is 29.5 Å².